The van der Waals surface area contributed by atoms with E-state index in [1.165, 1.54) is 31.6 Å². The van der Waals surface area contributed by atoms with Crippen LogP contribution < -0.4 is 0 Å². The second-order valence-electron chi connectivity index (χ2n) is 5.25. The van der Waals surface area contributed by atoms with Crippen LogP contribution in [-0.4, -0.2) is 33.1 Å². The lowest BCUT2D eigenvalue weighted by molar-refractivity contribution is 0.309. The highest BCUT2D eigenvalue weighted by atomic mass is 79.9. The fraction of sp³-hybridized carbons (Fsp3) is 0.769. The van der Waals surface area contributed by atoms with Crippen molar-refractivity contribution in [1.29, 1.82) is 0 Å². The molecule has 1 saturated heterocycles. The summed E-state index contributed by atoms with van der Waals surface area (Å²) in [4.78, 5) is 2.53. The fourth-order valence-corrected chi connectivity index (χ4v) is 3.07. The molecule has 1 aromatic heterocycles. The quantitative estimate of drug-likeness (QED) is 0.779. The predicted octanol–water partition coefficient (Wildman–Crippen LogP) is 3.07. The van der Waals surface area contributed by atoms with Crippen molar-refractivity contribution in [1.82, 2.24) is 14.7 Å². The Balaban J connectivity index is 1.85. The molecule has 0 radical (unpaired) electrons. The molecule has 96 valence electrons. The van der Waals surface area contributed by atoms with Crippen molar-refractivity contribution in [2.45, 2.75) is 39.3 Å². The van der Waals surface area contributed by atoms with Crippen molar-refractivity contribution in [3.05, 3.63) is 18.0 Å². The molecule has 0 aliphatic carbocycles. The number of hydrogen-bond acceptors (Lipinski definition) is 2. The molecule has 1 aliphatic heterocycles. The van der Waals surface area contributed by atoms with Crippen LogP contribution in [0.2, 0.25) is 0 Å². The van der Waals surface area contributed by atoms with Gasteiger partial charge in [0.05, 0.1) is 5.69 Å². The van der Waals surface area contributed by atoms with Gasteiger partial charge in [0.1, 0.15) is 0 Å². The van der Waals surface area contributed by atoms with Crippen LogP contribution in [0.1, 0.15) is 38.4 Å². The van der Waals surface area contributed by atoms with Crippen LogP contribution in [0.15, 0.2) is 12.3 Å². The van der Waals surface area contributed by atoms with Gasteiger partial charge in [-0.05, 0) is 45.2 Å². The Hall–Kier alpha value is -0.350. The van der Waals surface area contributed by atoms with Crippen molar-refractivity contribution in [3.63, 3.8) is 0 Å². The Kier molecular flexibility index (Phi) is 4.62. The zero-order valence-corrected chi connectivity index (χ0v) is 12.4. The van der Waals surface area contributed by atoms with E-state index < -0.39 is 0 Å². The summed E-state index contributed by atoms with van der Waals surface area (Å²) in [5, 5.41) is 5.74. The van der Waals surface area contributed by atoms with Gasteiger partial charge in [-0.15, -0.1) is 0 Å². The van der Waals surface area contributed by atoms with E-state index in [1.807, 2.05) is 4.68 Å². The highest BCUT2D eigenvalue weighted by molar-refractivity contribution is 9.09. The molecule has 0 saturated carbocycles. The molecule has 1 aromatic rings. The molecule has 17 heavy (non-hydrogen) atoms. The van der Waals surface area contributed by atoms with Crippen LogP contribution in [-0.2, 0) is 6.54 Å². The molecule has 0 N–H and O–H groups in total. The summed E-state index contributed by atoms with van der Waals surface area (Å²) in [6.07, 6.45) is 4.74. The molecular weight excluding hydrogens is 278 g/mol. The summed E-state index contributed by atoms with van der Waals surface area (Å²) in [6, 6.07) is 2.61. The van der Waals surface area contributed by atoms with E-state index in [4.69, 9.17) is 0 Å². The minimum atomic E-state index is 0.462. The predicted molar refractivity (Wildman–Crippen MR) is 74.4 cm³/mol. The average molecular weight is 300 g/mol. The average Bonchev–Trinajstić information content (AvgIpc) is 2.89. The first kappa shape index (κ1) is 13.1. The van der Waals surface area contributed by atoms with Gasteiger partial charge in [0.25, 0.3) is 0 Å². The minimum absolute atomic E-state index is 0.462. The molecule has 3 nitrogen and oxygen atoms in total. The minimum Gasteiger partial charge on any atom is -0.297 e. The number of rotatable bonds is 5. The summed E-state index contributed by atoms with van der Waals surface area (Å²) in [6.45, 7) is 7.81. The van der Waals surface area contributed by atoms with E-state index in [0.29, 0.717) is 6.04 Å². The Bertz CT molecular complexity index is 348. The van der Waals surface area contributed by atoms with Crippen molar-refractivity contribution >= 4 is 15.9 Å². The van der Waals surface area contributed by atoms with Gasteiger partial charge < -0.3 is 0 Å². The summed E-state index contributed by atoms with van der Waals surface area (Å²) in [5.74, 6) is 0.876. The maximum atomic E-state index is 4.61. The van der Waals surface area contributed by atoms with Gasteiger partial charge in [-0.1, -0.05) is 15.9 Å². The summed E-state index contributed by atoms with van der Waals surface area (Å²) in [5.41, 5.74) is 1.21. The standard InChI is InChI=1S/C13H22BrN3/c1-11(2)17-8-5-13(15-17)10-16-7-4-12(9-16)3-6-14/h5,8,11-12H,3-4,6-7,9-10H2,1-2H3. The second kappa shape index (κ2) is 6.01. The Morgan fingerprint density at radius 3 is 3.00 bits per heavy atom. The monoisotopic (exact) mass is 299 g/mol. The van der Waals surface area contributed by atoms with Gasteiger partial charge >= 0.3 is 0 Å². The molecule has 1 atom stereocenters. The van der Waals surface area contributed by atoms with Gasteiger partial charge in [0.2, 0.25) is 0 Å². The van der Waals surface area contributed by atoms with Gasteiger partial charge in [-0.3, -0.25) is 9.58 Å². The maximum absolute atomic E-state index is 4.61. The van der Waals surface area contributed by atoms with E-state index in [2.05, 4.69) is 52.0 Å². The summed E-state index contributed by atoms with van der Waals surface area (Å²) >= 11 is 3.53. The molecule has 2 heterocycles. The van der Waals surface area contributed by atoms with E-state index in [9.17, 15) is 0 Å². The summed E-state index contributed by atoms with van der Waals surface area (Å²) < 4.78 is 2.04. The van der Waals surface area contributed by atoms with E-state index in [1.54, 1.807) is 0 Å². The lowest BCUT2D eigenvalue weighted by Gasteiger charge is -2.14. The van der Waals surface area contributed by atoms with Gasteiger partial charge in [-0.2, -0.15) is 5.10 Å². The normalized spacial score (nSPS) is 21.5. The zero-order valence-electron chi connectivity index (χ0n) is 10.8. The van der Waals surface area contributed by atoms with Crippen molar-refractivity contribution in [2.24, 2.45) is 5.92 Å². The first-order valence-corrected chi connectivity index (χ1v) is 7.63. The number of aromatic nitrogens is 2. The molecule has 0 aromatic carbocycles. The molecule has 2 rings (SSSR count). The number of alkyl halides is 1. The van der Waals surface area contributed by atoms with Crippen molar-refractivity contribution in [2.75, 3.05) is 18.4 Å². The second-order valence-corrected chi connectivity index (χ2v) is 6.04. The number of likely N-dealkylation sites (tertiary alicyclic amines) is 1. The third-order valence-corrected chi connectivity index (χ3v) is 3.92. The zero-order chi connectivity index (χ0) is 12.3. The van der Waals surface area contributed by atoms with E-state index in [-0.39, 0.29) is 0 Å². The molecule has 1 aliphatic rings. The Morgan fingerprint density at radius 1 is 1.53 bits per heavy atom. The summed E-state index contributed by atoms with van der Waals surface area (Å²) in [7, 11) is 0. The SMILES string of the molecule is CC(C)n1ccc(CN2CCC(CCBr)C2)n1. The molecule has 1 unspecified atom stereocenters. The Morgan fingerprint density at radius 2 is 2.35 bits per heavy atom. The van der Waals surface area contributed by atoms with Crippen LogP contribution in [0, 0.1) is 5.92 Å². The lowest BCUT2D eigenvalue weighted by Crippen LogP contribution is -2.20. The largest absolute Gasteiger partial charge is 0.297 e. The highest BCUT2D eigenvalue weighted by Gasteiger charge is 2.22. The van der Waals surface area contributed by atoms with Gasteiger partial charge in [-0.25, -0.2) is 0 Å². The van der Waals surface area contributed by atoms with E-state index in [0.717, 1.165) is 17.8 Å². The molecular formula is C13H22BrN3. The first-order valence-electron chi connectivity index (χ1n) is 6.51. The van der Waals surface area contributed by atoms with Crippen LogP contribution in [0.4, 0.5) is 0 Å². The molecule has 0 spiro atoms. The lowest BCUT2D eigenvalue weighted by atomic mass is 10.1. The number of halogens is 1. The highest BCUT2D eigenvalue weighted by Crippen LogP contribution is 2.21. The van der Waals surface area contributed by atoms with E-state index >= 15 is 0 Å². The third-order valence-electron chi connectivity index (χ3n) is 3.47. The number of hydrogen-bond donors (Lipinski definition) is 0. The van der Waals surface area contributed by atoms with Crippen molar-refractivity contribution < 1.29 is 0 Å². The van der Waals surface area contributed by atoms with Crippen LogP contribution in [0.5, 0.6) is 0 Å². The molecule has 4 heteroatoms. The van der Waals surface area contributed by atoms with Crippen LogP contribution in [0.25, 0.3) is 0 Å². The Labute approximate surface area is 112 Å². The fourth-order valence-electron chi connectivity index (χ4n) is 2.42. The molecule has 1 fully saturated rings. The topological polar surface area (TPSA) is 21.1 Å². The maximum Gasteiger partial charge on any atom is 0.0764 e. The number of nitrogens with zero attached hydrogens (tertiary/aromatic N) is 3. The van der Waals surface area contributed by atoms with Gasteiger partial charge in [0, 0.05) is 30.7 Å². The third kappa shape index (κ3) is 3.55. The van der Waals surface area contributed by atoms with Crippen LogP contribution in [0.3, 0.4) is 0 Å². The molecule has 0 bridgehead atoms. The van der Waals surface area contributed by atoms with Crippen LogP contribution >= 0.6 is 15.9 Å². The van der Waals surface area contributed by atoms with Crippen molar-refractivity contribution in [3.8, 4) is 0 Å². The smallest absolute Gasteiger partial charge is 0.0764 e. The molecule has 0 amide bonds. The first-order chi connectivity index (χ1) is 8.19. The van der Waals surface area contributed by atoms with Gasteiger partial charge in [0.15, 0.2) is 0 Å².